The first-order valence-electron chi connectivity index (χ1n) is 20.4. The standard InChI is InChI=1S/C46H78FO2P/c1-14-16-18-20-22-24-26-32-44(9,10)40-34-36(42(3,4)5)28-30-38(40)46(13,49-50(47)48)39-31-29-37(43(6,7)8)35-41(39)45(11,12)33-27-25-23-21-19-17-15-2/h28-31,34-35,48H,14-27,32-33H2,1-13H3. The fraction of sp³-hybridized carbons (Fsp3) is 0.739. The number of unbranched alkanes of at least 4 members (excludes halogenated alkanes) is 12. The number of halogens is 1. The van der Waals surface area contributed by atoms with Gasteiger partial charge in [-0.15, -0.1) is 0 Å². The monoisotopic (exact) mass is 713 g/mol. The van der Waals surface area contributed by atoms with E-state index in [1.807, 2.05) is 6.92 Å². The Balaban J connectivity index is 2.72. The molecule has 2 aromatic rings. The van der Waals surface area contributed by atoms with Gasteiger partial charge in [-0.1, -0.05) is 209 Å². The van der Waals surface area contributed by atoms with Gasteiger partial charge in [-0.25, -0.2) is 0 Å². The first-order valence-corrected chi connectivity index (χ1v) is 21.5. The van der Waals surface area contributed by atoms with Gasteiger partial charge in [-0.2, -0.15) is 4.20 Å². The molecule has 2 nitrogen and oxygen atoms in total. The zero-order valence-corrected chi connectivity index (χ0v) is 35.9. The molecule has 0 spiro atoms. The lowest BCUT2D eigenvalue weighted by molar-refractivity contribution is 0.116. The van der Waals surface area contributed by atoms with Crippen LogP contribution in [0.3, 0.4) is 0 Å². The highest BCUT2D eigenvalue weighted by Gasteiger charge is 2.42. The lowest BCUT2D eigenvalue weighted by Crippen LogP contribution is -2.35. The highest BCUT2D eigenvalue weighted by atomic mass is 31.2. The van der Waals surface area contributed by atoms with Crippen LogP contribution in [0.5, 0.6) is 0 Å². The normalized spacial score (nSPS) is 14.0. The van der Waals surface area contributed by atoms with Crippen molar-refractivity contribution in [2.45, 2.75) is 220 Å². The molecule has 0 heterocycles. The van der Waals surface area contributed by atoms with Gasteiger partial charge in [0.05, 0.1) is 0 Å². The van der Waals surface area contributed by atoms with E-state index in [4.69, 9.17) is 4.52 Å². The van der Waals surface area contributed by atoms with Gasteiger partial charge < -0.3 is 4.89 Å². The van der Waals surface area contributed by atoms with E-state index < -0.39 is 14.3 Å². The van der Waals surface area contributed by atoms with E-state index in [0.29, 0.717) is 0 Å². The Labute approximate surface area is 311 Å². The molecule has 2 rings (SSSR count). The Bertz CT molecular complexity index is 1190. The molecule has 0 saturated carbocycles. The zero-order valence-electron chi connectivity index (χ0n) is 35.0. The minimum absolute atomic E-state index is 0.0400. The lowest BCUT2D eigenvalue weighted by atomic mass is 9.67. The van der Waals surface area contributed by atoms with E-state index in [1.165, 1.54) is 99.3 Å². The summed E-state index contributed by atoms with van der Waals surface area (Å²) in [6.07, 6.45) is 19.9. The largest absolute Gasteiger partial charge is 0.373 e. The van der Waals surface area contributed by atoms with Crippen molar-refractivity contribution in [3.05, 3.63) is 69.8 Å². The van der Waals surface area contributed by atoms with Gasteiger partial charge in [-0.05, 0) is 74.8 Å². The molecule has 0 saturated heterocycles. The van der Waals surface area contributed by atoms with Gasteiger partial charge in [0.15, 0.2) is 0 Å². The third-order valence-corrected chi connectivity index (χ3v) is 11.8. The lowest BCUT2D eigenvalue weighted by Gasteiger charge is -2.41. The van der Waals surface area contributed by atoms with Crippen molar-refractivity contribution >= 4 is 8.69 Å². The van der Waals surface area contributed by atoms with Gasteiger partial charge in [-0.3, -0.25) is 4.52 Å². The second-order valence-electron chi connectivity index (χ2n) is 18.9. The smallest absolute Gasteiger partial charge is 0.325 e. The summed E-state index contributed by atoms with van der Waals surface area (Å²) < 4.78 is 21.4. The quantitative estimate of drug-likeness (QED) is 0.0973. The van der Waals surface area contributed by atoms with Gasteiger partial charge in [0.25, 0.3) is 0 Å². The Morgan fingerprint density at radius 2 is 0.820 bits per heavy atom. The molecule has 0 radical (unpaired) electrons. The summed E-state index contributed by atoms with van der Waals surface area (Å²) in [6.45, 7) is 29.5. The Hall–Kier alpha value is -1.28. The van der Waals surface area contributed by atoms with Crippen LogP contribution < -0.4 is 0 Å². The molecule has 0 amide bonds. The summed E-state index contributed by atoms with van der Waals surface area (Å²) in [6, 6.07) is 13.5. The molecule has 0 aliphatic heterocycles. The Kier molecular flexibility index (Phi) is 17.7. The summed E-state index contributed by atoms with van der Waals surface area (Å²) in [7, 11) is -3.14. The van der Waals surface area contributed by atoms with E-state index in [0.717, 1.165) is 36.8 Å². The first-order chi connectivity index (χ1) is 23.2. The third-order valence-electron chi connectivity index (χ3n) is 11.3. The van der Waals surface area contributed by atoms with Crippen LogP contribution in [0.2, 0.25) is 0 Å². The van der Waals surface area contributed by atoms with Crippen molar-refractivity contribution in [3.8, 4) is 0 Å². The summed E-state index contributed by atoms with van der Waals surface area (Å²) >= 11 is 0. The molecule has 0 aliphatic rings. The van der Waals surface area contributed by atoms with Crippen LogP contribution in [0.1, 0.15) is 226 Å². The Morgan fingerprint density at radius 3 is 1.12 bits per heavy atom. The SMILES string of the molecule is CCCCCCCCCC(C)(C)c1cc(C(C)(C)C)ccc1C(C)(OP(O)F)c1ccc(C(C)(C)C)cc1C(C)(C)CCCCCCCCC. The molecular formula is C46H78FO2P. The number of benzene rings is 2. The molecule has 0 bridgehead atoms. The predicted octanol–water partition coefficient (Wildman–Crippen LogP) is 15.6. The number of hydrogen-bond acceptors (Lipinski definition) is 2. The molecule has 0 aliphatic carbocycles. The maximum absolute atomic E-state index is 15.1. The van der Waals surface area contributed by atoms with E-state index in [9.17, 15) is 4.89 Å². The van der Waals surface area contributed by atoms with Crippen molar-refractivity contribution in [2.75, 3.05) is 0 Å². The maximum Gasteiger partial charge on any atom is 0.373 e. The average molecular weight is 713 g/mol. The molecule has 1 atom stereocenters. The predicted molar refractivity (Wildman–Crippen MR) is 219 cm³/mol. The van der Waals surface area contributed by atoms with Crippen LogP contribution >= 0.6 is 8.69 Å². The van der Waals surface area contributed by atoms with Crippen LogP contribution in [-0.2, 0) is 31.8 Å². The number of hydrogen-bond donors (Lipinski definition) is 1. The Morgan fingerprint density at radius 1 is 0.500 bits per heavy atom. The fourth-order valence-corrected chi connectivity index (χ4v) is 8.18. The van der Waals surface area contributed by atoms with Crippen molar-refractivity contribution < 1.29 is 13.6 Å². The highest BCUT2D eigenvalue weighted by molar-refractivity contribution is 7.40. The second-order valence-corrected chi connectivity index (χ2v) is 19.5. The highest BCUT2D eigenvalue weighted by Crippen LogP contribution is 2.52. The summed E-state index contributed by atoms with van der Waals surface area (Å²) in [5.74, 6) is 0. The van der Waals surface area contributed by atoms with Gasteiger partial charge in [0.2, 0.25) is 0 Å². The molecule has 286 valence electrons. The summed E-state index contributed by atoms with van der Waals surface area (Å²) in [4.78, 5) is 10.5. The van der Waals surface area contributed by atoms with E-state index >= 15 is 4.20 Å². The topological polar surface area (TPSA) is 29.5 Å². The second kappa shape index (κ2) is 19.7. The zero-order chi connectivity index (χ0) is 37.8. The molecule has 0 aromatic heterocycles. The van der Waals surface area contributed by atoms with Crippen LogP contribution in [0.25, 0.3) is 0 Å². The minimum atomic E-state index is -3.14. The third kappa shape index (κ3) is 13.3. The maximum atomic E-state index is 15.1. The molecule has 50 heavy (non-hydrogen) atoms. The first kappa shape index (κ1) is 44.9. The van der Waals surface area contributed by atoms with E-state index in [-0.39, 0.29) is 21.7 Å². The van der Waals surface area contributed by atoms with Gasteiger partial charge in [0, 0.05) is 0 Å². The molecule has 0 fully saturated rings. The van der Waals surface area contributed by atoms with E-state index in [1.54, 1.807) is 0 Å². The average Bonchev–Trinajstić information content (AvgIpc) is 3.02. The molecule has 1 unspecified atom stereocenters. The summed E-state index contributed by atoms with van der Waals surface area (Å²) in [5.41, 5.74) is 5.27. The van der Waals surface area contributed by atoms with Crippen molar-refractivity contribution in [3.63, 3.8) is 0 Å². The molecule has 1 N–H and O–H groups in total. The summed E-state index contributed by atoms with van der Waals surface area (Å²) in [5, 5.41) is 0. The van der Waals surface area contributed by atoms with Crippen molar-refractivity contribution in [1.82, 2.24) is 0 Å². The van der Waals surface area contributed by atoms with Crippen molar-refractivity contribution in [2.24, 2.45) is 0 Å². The molecular weight excluding hydrogens is 634 g/mol. The van der Waals surface area contributed by atoms with Crippen LogP contribution in [0.15, 0.2) is 36.4 Å². The van der Waals surface area contributed by atoms with E-state index in [2.05, 4.69) is 119 Å². The number of rotatable bonds is 22. The molecule has 4 heteroatoms. The minimum Gasteiger partial charge on any atom is -0.325 e. The van der Waals surface area contributed by atoms with Crippen molar-refractivity contribution in [1.29, 1.82) is 0 Å². The van der Waals surface area contributed by atoms with Crippen LogP contribution in [0, 0.1) is 0 Å². The fourth-order valence-electron chi connectivity index (χ4n) is 7.68. The molecule has 2 aromatic carbocycles. The van der Waals surface area contributed by atoms with Gasteiger partial charge in [0.1, 0.15) is 5.60 Å². The van der Waals surface area contributed by atoms with Crippen LogP contribution in [0.4, 0.5) is 4.20 Å². The van der Waals surface area contributed by atoms with Crippen LogP contribution in [-0.4, -0.2) is 4.89 Å². The van der Waals surface area contributed by atoms with Gasteiger partial charge >= 0.3 is 8.69 Å².